The van der Waals surface area contributed by atoms with E-state index in [0.717, 1.165) is 0 Å². The van der Waals surface area contributed by atoms with Crippen molar-refractivity contribution in [3.63, 3.8) is 0 Å². The monoisotopic (exact) mass is 306 g/mol. The second-order valence-corrected chi connectivity index (χ2v) is 7.67. The van der Waals surface area contributed by atoms with E-state index in [1.54, 1.807) is 6.92 Å². The fraction of sp³-hybridized carbons (Fsp3) is 0.923. The molecule has 0 bridgehead atoms. The number of rotatable bonds is 6. The second-order valence-electron chi connectivity index (χ2n) is 5.36. The smallest absolute Gasteiger partial charge is 0.327 e. The molecule has 0 spiro atoms. The predicted octanol–water partition coefficient (Wildman–Crippen LogP) is 0.0382. The number of esters is 1. The Balaban J connectivity index is 2.72. The van der Waals surface area contributed by atoms with Crippen molar-refractivity contribution in [2.45, 2.75) is 32.7 Å². The van der Waals surface area contributed by atoms with Gasteiger partial charge in [-0.1, -0.05) is 6.92 Å². The van der Waals surface area contributed by atoms with Crippen molar-refractivity contribution in [1.82, 2.24) is 10.2 Å². The highest BCUT2D eigenvalue weighted by atomic mass is 32.2. The third kappa shape index (κ3) is 5.03. The van der Waals surface area contributed by atoms with Crippen molar-refractivity contribution in [2.75, 3.05) is 44.3 Å². The van der Waals surface area contributed by atoms with E-state index in [9.17, 15) is 13.2 Å². The highest BCUT2D eigenvalue weighted by Crippen LogP contribution is 2.13. The van der Waals surface area contributed by atoms with Crippen LogP contribution in [0.25, 0.3) is 0 Å². The summed E-state index contributed by atoms with van der Waals surface area (Å²) in [6, 6.07) is 0. The zero-order chi connectivity index (χ0) is 15.2. The lowest BCUT2D eigenvalue weighted by Gasteiger charge is -2.33. The largest absolute Gasteiger partial charge is 0.465 e. The van der Waals surface area contributed by atoms with Gasteiger partial charge in [-0.3, -0.25) is 9.69 Å². The van der Waals surface area contributed by atoms with Crippen molar-refractivity contribution < 1.29 is 17.9 Å². The molecule has 118 valence electrons. The Kier molecular flexibility index (Phi) is 6.42. The molecule has 0 aromatic rings. The number of nitrogens with one attached hydrogen (secondary N) is 1. The Bertz CT molecular complexity index is 424. The number of likely N-dealkylation sites (N-methyl/N-ethyl adjacent to an activating group) is 1. The summed E-state index contributed by atoms with van der Waals surface area (Å²) in [7, 11) is -2.93. The SMILES string of the molecule is CCNC(C)(CN1CCCS(=O)(=O)CC1)C(=O)OCC. The van der Waals surface area contributed by atoms with Gasteiger partial charge in [-0.25, -0.2) is 8.42 Å². The van der Waals surface area contributed by atoms with Gasteiger partial charge in [-0.15, -0.1) is 0 Å². The Morgan fingerprint density at radius 3 is 2.60 bits per heavy atom. The molecule has 1 aliphatic heterocycles. The third-order valence-electron chi connectivity index (χ3n) is 3.48. The molecule has 0 aromatic heterocycles. The van der Waals surface area contributed by atoms with Crippen LogP contribution in [-0.2, 0) is 19.4 Å². The quantitative estimate of drug-likeness (QED) is 0.698. The van der Waals surface area contributed by atoms with Gasteiger partial charge in [0.1, 0.15) is 5.54 Å². The van der Waals surface area contributed by atoms with E-state index < -0.39 is 15.4 Å². The maximum absolute atomic E-state index is 12.1. The van der Waals surface area contributed by atoms with E-state index in [1.807, 2.05) is 18.7 Å². The third-order valence-corrected chi connectivity index (χ3v) is 5.20. The predicted molar refractivity (Wildman–Crippen MR) is 78.4 cm³/mol. The van der Waals surface area contributed by atoms with Crippen molar-refractivity contribution in [3.05, 3.63) is 0 Å². The topological polar surface area (TPSA) is 75.7 Å². The van der Waals surface area contributed by atoms with E-state index >= 15 is 0 Å². The summed E-state index contributed by atoms with van der Waals surface area (Å²) in [4.78, 5) is 14.1. The summed E-state index contributed by atoms with van der Waals surface area (Å²) in [5.41, 5.74) is -0.793. The maximum Gasteiger partial charge on any atom is 0.327 e. The Morgan fingerprint density at radius 2 is 2.00 bits per heavy atom. The Hall–Kier alpha value is -0.660. The number of carbonyl (C=O) groups excluding carboxylic acids is 1. The fourth-order valence-corrected chi connectivity index (χ4v) is 3.78. The molecule has 0 amide bonds. The first-order valence-corrected chi connectivity index (χ1v) is 9.00. The van der Waals surface area contributed by atoms with Crippen molar-refractivity contribution >= 4 is 15.8 Å². The van der Waals surface area contributed by atoms with Gasteiger partial charge in [0.05, 0.1) is 18.1 Å². The van der Waals surface area contributed by atoms with Gasteiger partial charge >= 0.3 is 5.97 Å². The van der Waals surface area contributed by atoms with Crippen molar-refractivity contribution in [2.24, 2.45) is 0 Å². The normalized spacial score (nSPS) is 22.8. The molecule has 1 atom stereocenters. The van der Waals surface area contributed by atoms with Crippen LogP contribution in [0.3, 0.4) is 0 Å². The average Bonchev–Trinajstić information content (AvgIpc) is 2.51. The van der Waals surface area contributed by atoms with E-state index in [2.05, 4.69) is 5.32 Å². The van der Waals surface area contributed by atoms with Crippen LogP contribution in [0.2, 0.25) is 0 Å². The molecule has 0 radical (unpaired) electrons. The molecule has 1 N–H and O–H groups in total. The highest BCUT2D eigenvalue weighted by molar-refractivity contribution is 7.91. The van der Waals surface area contributed by atoms with Crippen molar-refractivity contribution in [3.8, 4) is 0 Å². The summed E-state index contributed by atoms with van der Waals surface area (Å²) >= 11 is 0. The minimum atomic E-state index is -2.93. The van der Waals surface area contributed by atoms with Crippen LogP contribution < -0.4 is 5.32 Å². The highest BCUT2D eigenvalue weighted by Gasteiger charge is 2.36. The summed E-state index contributed by atoms with van der Waals surface area (Å²) in [5, 5.41) is 3.17. The molecule has 1 aliphatic rings. The number of sulfone groups is 1. The second kappa shape index (κ2) is 7.38. The number of carbonyl (C=O) groups is 1. The van der Waals surface area contributed by atoms with Crippen LogP contribution in [0.4, 0.5) is 0 Å². The van der Waals surface area contributed by atoms with Gasteiger partial charge in [-0.2, -0.15) is 0 Å². The van der Waals surface area contributed by atoms with Gasteiger partial charge in [0, 0.05) is 13.1 Å². The molecule has 0 aromatic carbocycles. The van der Waals surface area contributed by atoms with Gasteiger partial charge in [0.15, 0.2) is 9.84 Å². The van der Waals surface area contributed by atoms with Crippen LogP contribution in [0.15, 0.2) is 0 Å². The van der Waals surface area contributed by atoms with E-state index in [4.69, 9.17) is 4.74 Å². The summed E-state index contributed by atoms with van der Waals surface area (Å²) in [5.74, 6) is 0.118. The molecule has 20 heavy (non-hydrogen) atoms. The number of hydrogen-bond acceptors (Lipinski definition) is 6. The standard InChI is InChI=1S/C13H26N2O4S/c1-4-14-13(3,12(16)19-5-2)11-15-7-6-9-20(17,18)10-8-15/h14H,4-11H2,1-3H3. The minimum Gasteiger partial charge on any atom is -0.465 e. The minimum absolute atomic E-state index is 0.165. The molecular weight excluding hydrogens is 280 g/mol. The Labute approximate surface area is 121 Å². The summed E-state index contributed by atoms with van der Waals surface area (Å²) in [6.07, 6.45) is 0.618. The molecule has 1 saturated heterocycles. The maximum atomic E-state index is 12.1. The van der Waals surface area contributed by atoms with E-state index in [0.29, 0.717) is 39.2 Å². The lowest BCUT2D eigenvalue weighted by Crippen LogP contribution is -2.57. The number of ether oxygens (including phenoxy) is 1. The summed E-state index contributed by atoms with van der Waals surface area (Å²) in [6.45, 7) is 8.16. The molecule has 1 fully saturated rings. The molecule has 0 saturated carbocycles. The van der Waals surface area contributed by atoms with Gasteiger partial charge in [0.2, 0.25) is 0 Å². The van der Waals surface area contributed by atoms with Gasteiger partial charge in [0.25, 0.3) is 0 Å². The van der Waals surface area contributed by atoms with Gasteiger partial charge in [-0.05, 0) is 33.4 Å². The number of nitrogens with zero attached hydrogens (tertiary/aromatic N) is 1. The molecule has 1 rings (SSSR count). The first kappa shape index (κ1) is 17.4. The van der Waals surface area contributed by atoms with Crippen LogP contribution in [0.1, 0.15) is 27.2 Å². The fourth-order valence-electron chi connectivity index (χ4n) is 2.47. The van der Waals surface area contributed by atoms with E-state index in [1.165, 1.54) is 0 Å². The lowest BCUT2D eigenvalue weighted by molar-refractivity contribution is -0.151. The first-order chi connectivity index (χ1) is 9.33. The first-order valence-electron chi connectivity index (χ1n) is 7.18. The lowest BCUT2D eigenvalue weighted by atomic mass is 10.0. The van der Waals surface area contributed by atoms with Gasteiger partial charge < -0.3 is 10.1 Å². The van der Waals surface area contributed by atoms with Crippen LogP contribution in [-0.4, -0.2) is 69.1 Å². The Morgan fingerprint density at radius 1 is 1.30 bits per heavy atom. The van der Waals surface area contributed by atoms with Crippen LogP contribution in [0, 0.1) is 0 Å². The zero-order valence-electron chi connectivity index (χ0n) is 12.6. The summed E-state index contributed by atoms with van der Waals surface area (Å²) < 4.78 is 28.3. The average molecular weight is 306 g/mol. The number of hydrogen-bond donors (Lipinski definition) is 1. The molecule has 1 heterocycles. The van der Waals surface area contributed by atoms with E-state index in [-0.39, 0.29) is 17.5 Å². The molecule has 7 heteroatoms. The molecule has 0 aliphatic carbocycles. The van der Waals surface area contributed by atoms with Crippen molar-refractivity contribution in [1.29, 1.82) is 0 Å². The zero-order valence-corrected chi connectivity index (χ0v) is 13.5. The van der Waals surface area contributed by atoms with Crippen LogP contribution >= 0.6 is 0 Å². The molecule has 6 nitrogen and oxygen atoms in total. The molecular formula is C13H26N2O4S. The van der Waals surface area contributed by atoms with Crippen LogP contribution in [0.5, 0.6) is 0 Å². The molecule has 1 unspecified atom stereocenters.